The van der Waals surface area contributed by atoms with Gasteiger partial charge in [0.1, 0.15) is 0 Å². The number of nitrogens with one attached hydrogen (secondary N) is 1. The van der Waals surface area contributed by atoms with Gasteiger partial charge in [-0.15, -0.1) is 0 Å². The average molecular weight is 269 g/mol. The number of unbranched alkanes of at least 4 members (excludes halogenated alkanes) is 1. The first-order chi connectivity index (χ1) is 9.06. The molecule has 0 aliphatic carbocycles. The molecule has 3 nitrogen and oxygen atoms in total. The van der Waals surface area contributed by atoms with Gasteiger partial charge in [-0.25, -0.2) is 0 Å². The molecule has 0 aromatic carbocycles. The van der Waals surface area contributed by atoms with E-state index in [2.05, 4.69) is 25.2 Å². The predicted molar refractivity (Wildman–Crippen MR) is 82.1 cm³/mol. The molecule has 19 heavy (non-hydrogen) atoms. The van der Waals surface area contributed by atoms with Gasteiger partial charge < -0.3 is 15.5 Å². The van der Waals surface area contributed by atoms with Crippen molar-refractivity contribution in [3.05, 3.63) is 24.3 Å². The highest BCUT2D eigenvalue weighted by Crippen LogP contribution is 2.15. The van der Waals surface area contributed by atoms with Gasteiger partial charge >= 0.3 is 0 Å². The highest BCUT2D eigenvalue weighted by molar-refractivity contribution is 5.03. The molecule has 0 aliphatic heterocycles. The molecule has 112 valence electrons. The zero-order valence-corrected chi connectivity index (χ0v) is 12.8. The molecule has 0 aromatic heterocycles. The Labute approximate surface area is 118 Å². The van der Waals surface area contributed by atoms with Crippen molar-refractivity contribution in [3.8, 4) is 0 Å². The van der Waals surface area contributed by atoms with Crippen LogP contribution in [0, 0.1) is 5.92 Å². The van der Waals surface area contributed by atoms with E-state index in [1.807, 2.05) is 32.2 Å². The molecule has 0 radical (unpaired) electrons. The van der Waals surface area contributed by atoms with Crippen molar-refractivity contribution < 1.29 is 10.2 Å². The minimum Gasteiger partial charge on any atom is -0.390 e. The molecule has 0 saturated carbocycles. The van der Waals surface area contributed by atoms with E-state index in [4.69, 9.17) is 0 Å². The molecule has 0 aliphatic rings. The largest absolute Gasteiger partial charge is 0.390 e. The average Bonchev–Trinajstić information content (AvgIpc) is 2.41. The van der Waals surface area contributed by atoms with Crippen molar-refractivity contribution in [2.75, 3.05) is 7.05 Å². The first-order valence-corrected chi connectivity index (χ1v) is 7.39. The lowest BCUT2D eigenvalue weighted by Crippen LogP contribution is -2.45. The van der Waals surface area contributed by atoms with Crippen molar-refractivity contribution in [1.29, 1.82) is 0 Å². The molecule has 4 atom stereocenters. The van der Waals surface area contributed by atoms with Crippen LogP contribution in [-0.4, -0.2) is 35.5 Å². The third kappa shape index (κ3) is 8.19. The number of aliphatic hydroxyl groups is 2. The van der Waals surface area contributed by atoms with E-state index in [1.165, 1.54) is 0 Å². The van der Waals surface area contributed by atoms with Gasteiger partial charge in [0.05, 0.1) is 12.2 Å². The van der Waals surface area contributed by atoms with Gasteiger partial charge in [0.25, 0.3) is 0 Å². The molecule has 0 bridgehead atoms. The zero-order chi connectivity index (χ0) is 14.7. The Morgan fingerprint density at radius 2 is 1.89 bits per heavy atom. The van der Waals surface area contributed by atoms with E-state index < -0.39 is 12.2 Å². The maximum Gasteiger partial charge on any atom is 0.0951 e. The fourth-order valence-corrected chi connectivity index (χ4v) is 2.12. The van der Waals surface area contributed by atoms with E-state index in [1.54, 1.807) is 0 Å². The van der Waals surface area contributed by atoms with Crippen molar-refractivity contribution >= 4 is 0 Å². The Balaban J connectivity index is 4.31. The molecule has 0 spiro atoms. The molecule has 0 heterocycles. The number of aliphatic hydroxyl groups excluding tert-OH is 2. The summed E-state index contributed by atoms with van der Waals surface area (Å²) in [4.78, 5) is 0. The second-order valence-electron chi connectivity index (χ2n) is 5.22. The van der Waals surface area contributed by atoms with Crippen LogP contribution in [0.25, 0.3) is 0 Å². The minimum atomic E-state index is -0.700. The summed E-state index contributed by atoms with van der Waals surface area (Å²) in [5, 5.41) is 23.3. The van der Waals surface area contributed by atoms with Gasteiger partial charge in [-0.3, -0.25) is 0 Å². The van der Waals surface area contributed by atoms with Crippen LogP contribution in [0.15, 0.2) is 24.3 Å². The molecular weight excluding hydrogens is 238 g/mol. The first-order valence-electron chi connectivity index (χ1n) is 7.39. The van der Waals surface area contributed by atoms with Gasteiger partial charge in [0.15, 0.2) is 0 Å². The van der Waals surface area contributed by atoms with E-state index in [0.717, 1.165) is 19.3 Å². The van der Waals surface area contributed by atoms with Gasteiger partial charge in [-0.1, -0.05) is 51.0 Å². The molecule has 0 rings (SSSR count). The van der Waals surface area contributed by atoms with E-state index in [0.29, 0.717) is 12.3 Å². The number of hydrogen-bond acceptors (Lipinski definition) is 3. The number of hydrogen-bond donors (Lipinski definition) is 3. The summed E-state index contributed by atoms with van der Waals surface area (Å²) in [6.07, 6.45) is 10.3. The van der Waals surface area contributed by atoms with Crippen molar-refractivity contribution in [3.63, 3.8) is 0 Å². The van der Waals surface area contributed by atoms with Crippen LogP contribution in [0.3, 0.4) is 0 Å². The Morgan fingerprint density at radius 3 is 2.42 bits per heavy atom. The van der Waals surface area contributed by atoms with Crippen molar-refractivity contribution in [2.45, 2.75) is 64.7 Å². The Kier molecular flexibility index (Phi) is 10.8. The maximum absolute atomic E-state index is 10.2. The summed E-state index contributed by atoms with van der Waals surface area (Å²) < 4.78 is 0. The molecule has 0 fully saturated rings. The maximum atomic E-state index is 10.2. The number of rotatable bonds is 10. The molecule has 3 heteroatoms. The summed E-state index contributed by atoms with van der Waals surface area (Å²) in [5.74, 6) is 0.363. The molecular formula is C16H31NO2. The third-order valence-corrected chi connectivity index (χ3v) is 3.40. The summed E-state index contributed by atoms with van der Waals surface area (Å²) in [6, 6.07) is -0.0721. The van der Waals surface area contributed by atoms with Crippen molar-refractivity contribution in [1.82, 2.24) is 5.32 Å². The van der Waals surface area contributed by atoms with E-state index >= 15 is 0 Å². The highest BCUT2D eigenvalue weighted by Gasteiger charge is 2.25. The van der Waals surface area contributed by atoms with Crippen LogP contribution in [0.1, 0.15) is 46.5 Å². The number of allylic oxidation sites excluding steroid dienone is 4. The summed E-state index contributed by atoms with van der Waals surface area (Å²) >= 11 is 0. The lowest BCUT2D eigenvalue weighted by molar-refractivity contribution is -0.0109. The first kappa shape index (κ1) is 18.4. The number of likely N-dealkylation sites (N-methyl/N-ethyl adjacent to an activating group) is 1. The SMILES string of the molecule is C/C=C\C=C/C(C)CC(NC)C(O)C(O)CCCC. The minimum absolute atomic E-state index is 0.0721. The smallest absolute Gasteiger partial charge is 0.0951 e. The van der Waals surface area contributed by atoms with Gasteiger partial charge in [0, 0.05) is 6.04 Å². The highest BCUT2D eigenvalue weighted by atomic mass is 16.3. The van der Waals surface area contributed by atoms with Crippen LogP contribution >= 0.6 is 0 Å². The molecule has 0 aromatic rings. The summed E-state index contributed by atoms with van der Waals surface area (Å²) in [7, 11) is 1.84. The van der Waals surface area contributed by atoms with Gasteiger partial charge in [-0.2, -0.15) is 0 Å². The van der Waals surface area contributed by atoms with E-state index in [-0.39, 0.29) is 6.04 Å². The van der Waals surface area contributed by atoms with Crippen LogP contribution in [0.5, 0.6) is 0 Å². The van der Waals surface area contributed by atoms with Crippen molar-refractivity contribution in [2.24, 2.45) is 5.92 Å². The Bertz CT molecular complexity index is 263. The second kappa shape index (κ2) is 11.2. The Morgan fingerprint density at radius 1 is 1.21 bits per heavy atom. The van der Waals surface area contributed by atoms with Gasteiger partial charge in [-0.05, 0) is 32.7 Å². The zero-order valence-electron chi connectivity index (χ0n) is 12.8. The van der Waals surface area contributed by atoms with Crippen LogP contribution < -0.4 is 5.32 Å². The summed E-state index contributed by atoms with van der Waals surface area (Å²) in [5.41, 5.74) is 0. The summed E-state index contributed by atoms with van der Waals surface area (Å²) in [6.45, 7) is 6.19. The normalized spacial score (nSPS) is 18.8. The molecule has 0 amide bonds. The van der Waals surface area contributed by atoms with Crippen LogP contribution in [0.2, 0.25) is 0 Å². The topological polar surface area (TPSA) is 52.5 Å². The van der Waals surface area contributed by atoms with Crippen LogP contribution in [0.4, 0.5) is 0 Å². The van der Waals surface area contributed by atoms with Crippen LogP contribution in [-0.2, 0) is 0 Å². The predicted octanol–water partition coefficient (Wildman–Crippen LogP) is 2.64. The lowest BCUT2D eigenvalue weighted by Gasteiger charge is -2.28. The standard InChI is InChI=1S/C16H31NO2/c1-5-7-9-10-13(3)12-14(17-4)16(19)15(18)11-8-6-2/h5,7,9-10,13-19H,6,8,11-12H2,1-4H3/b7-5-,10-9-. The van der Waals surface area contributed by atoms with Gasteiger partial charge in [0.2, 0.25) is 0 Å². The third-order valence-electron chi connectivity index (χ3n) is 3.40. The molecule has 0 saturated heterocycles. The fourth-order valence-electron chi connectivity index (χ4n) is 2.12. The quantitative estimate of drug-likeness (QED) is 0.534. The second-order valence-corrected chi connectivity index (χ2v) is 5.22. The Hall–Kier alpha value is -0.640. The monoisotopic (exact) mass is 269 g/mol. The fraction of sp³-hybridized carbons (Fsp3) is 0.750. The van der Waals surface area contributed by atoms with E-state index in [9.17, 15) is 10.2 Å². The molecule has 3 N–H and O–H groups in total. The molecule has 4 unspecified atom stereocenters. The lowest BCUT2D eigenvalue weighted by atomic mass is 9.93.